The van der Waals surface area contributed by atoms with Gasteiger partial charge in [0.1, 0.15) is 0 Å². The third-order valence-corrected chi connectivity index (χ3v) is 4.44. The largest absolute Gasteiger partial charge is 0.370 e. The molecule has 1 fully saturated rings. The first kappa shape index (κ1) is 13.2. The Balaban J connectivity index is 2.12. The number of pyridine rings is 1. The van der Waals surface area contributed by atoms with Gasteiger partial charge in [-0.1, -0.05) is 25.1 Å². The molecular formula is C16H21N3O. The zero-order valence-electron chi connectivity index (χ0n) is 12.0. The molecule has 2 aromatic rings. The van der Waals surface area contributed by atoms with E-state index in [1.54, 1.807) is 10.6 Å². The Hall–Kier alpha value is -1.81. The molecule has 2 unspecified atom stereocenters. The topological polar surface area (TPSA) is 51.3 Å². The molecule has 0 amide bonds. The highest BCUT2D eigenvalue weighted by Gasteiger charge is 2.24. The summed E-state index contributed by atoms with van der Waals surface area (Å²) in [6.07, 6.45) is 0.977. The van der Waals surface area contributed by atoms with Crippen LogP contribution in [0.5, 0.6) is 0 Å². The number of anilines is 1. The predicted octanol–water partition coefficient (Wildman–Crippen LogP) is 1.71. The van der Waals surface area contributed by atoms with Crippen LogP contribution in [-0.2, 0) is 7.05 Å². The minimum atomic E-state index is 0.0428. The van der Waals surface area contributed by atoms with E-state index in [4.69, 9.17) is 5.73 Å². The maximum atomic E-state index is 12.2. The third-order valence-electron chi connectivity index (χ3n) is 4.44. The molecule has 0 spiro atoms. The summed E-state index contributed by atoms with van der Waals surface area (Å²) in [6, 6.07) is 10.1. The fourth-order valence-corrected chi connectivity index (χ4v) is 3.04. The average molecular weight is 271 g/mol. The third kappa shape index (κ3) is 2.10. The van der Waals surface area contributed by atoms with Gasteiger partial charge in [0, 0.05) is 37.6 Å². The van der Waals surface area contributed by atoms with Crippen LogP contribution in [0.15, 0.2) is 35.1 Å². The molecule has 3 rings (SSSR count). The van der Waals surface area contributed by atoms with Gasteiger partial charge in [-0.2, -0.15) is 0 Å². The molecule has 1 aliphatic heterocycles. The molecule has 1 aromatic carbocycles. The number of nitrogens with two attached hydrogens (primary N) is 1. The molecule has 0 aliphatic carbocycles. The van der Waals surface area contributed by atoms with Gasteiger partial charge in [-0.15, -0.1) is 0 Å². The van der Waals surface area contributed by atoms with Gasteiger partial charge in [-0.3, -0.25) is 4.79 Å². The van der Waals surface area contributed by atoms with Crippen molar-refractivity contribution >= 4 is 16.6 Å². The fraction of sp³-hybridized carbons (Fsp3) is 0.438. The monoisotopic (exact) mass is 271 g/mol. The normalized spacial score (nSPS) is 23.2. The number of hydrogen-bond donors (Lipinski definition) is 1. The standard InChI is InChI=1S/C16H21N3O/c1-11-10-19(8-7-13(11)17)15-9-16(20)18(2)14-6-4-3-5-12(14)15/h3-6,9,11,13H,7-8,10,17H2,1-2H3. The Labute approximate surface area is 118 Å². The number of hydrogen-bond acceptors (Lipinski definition) is 3. The molecule has 1 aromatic heterocycles. The number of benzene rings is 1. The van der Waals surface area contributed by atoms with Crippen LogP contribution >= 0.6 is 0 Å². The van der Waals surface area contributed by atoms with Crippen molar-refractivity contribution in [1.29, 1.82) is 0 Å². The number of fused-ring (bicyclic) bond motifs is 1. The molecule has 2 heterocycles. The lowest BCUT2D eigenvalue weighted by atomic mass is 9.94. The van der Waals surface area contributed by atoms with Gasteiger partial charge in [0.05, 0.1) is 11.2 Å². The van der Waals surface area contributed by atoms with E-state index in [9.17, 15) is 4.79 Å². The van der Waals surface area contributed by atoms with Crippen molar-refractivity contribution < 1.29 is 0 Å². The average Bonchev–Trinajstić information content (AvgIpc) is 2.46. The minimum absolute atomic E-state index is 0.0428. The lowest BCUT2D eigenvalue weighted by Gasteiger charge is -2.37. The molecule has 1 saturated heterocycles. The summed E-state index contributed by atoms with van der Waals surface area (Å²) in [5.41, 5.74) is 8.16. The summed E-state index contributed by atoms with van der Waals surface area (Å²) in [6.45, 7) is 4.01. The van der Waals surface area contributed by atoms with Crippen LogP contribution in [-0.4, -0.2) is 23.7 Å². The second-order valence-electron chi connectivity index (χ2n) is 5.82. The summed E-state index contributed by atoms with van der Waals surface area (Å²) in [5.74, 6) is 0.451. The second-order valence-corrected chi connectivity index (χ2v) is 5.82. The summed E-state index contributed by atoms with van der Waals surface area (Å²) >= 11 is 0. The smallest absolute Gasteiger partial charge is 0.252 e. The molecule has 2 N–H and O–H groups in total. The second kappa shape index (κ2) is 4.94. The fourth-order valence-electron chi connectivity index (χ4n) is 3.04. The molecule has 0 bridgehead atoms. The van der Waals surface area contributed by atoms with Crippen LogP contribution in [0.3, 0.4) is 0 Å². The first-order valence-electron chi connectivity index (χ1n) is 7.17. The number of para-hydroxylation sites is 1. The summed E-state index contributed by atoms with van der Waals surface area (Å²) < 4.78 is 1.71. The van der Waals surface area contributed by atoms with Crippen molar-refractivity contribution in [2.75, 3.05) is 18.0 Å². The van der Waals surface area contributed by atoms with Gasteiger partial charge in [0.15, 0.2) is 0 Å². The van der Waals surface area contributed by atoms with E-state index in [1.807, 2.05) is 25.2 Å². The summed E-state index contributed by atoms with van der Waals surface area (Å²) in [5, 5.41) is 1.14. The first-order valence-corrected chi connectivity index (χ1v) is 7.17. The first-order chi connectivity index (χ1) is 9.58. The predicted molar refractivity (Wildman–Crippen MR) is 83.2 cm³/mol. The van der Waals surface area contributed by atoms with E-state index >= 15 is 0 Å². The van der Waals surface area contributed by atoms with E-state index in [1.165, 1.54) is 0 Å². The maximum Gasteiger partial charge on any atom is 0.252 e. The quantitative estimate of drug-likeness (QED) is 0.859. The van der Waals surface area contributed by atoms with E-state index < -0.39 is 0 Å². The Bertz CT molecular complexity index is 692. The highest BCUT2D eigenvalue weighted by atomic mass is 16.1. The molecule has 4 nitrogen and oxygen atoms in total. The molecule has 0 radical (unpaired) electrons. The van der Waals surface area contributed by atoms with Crippen molar-refractivity contribution in [3.05, 3.63) is 40.7 Å². The van der Waals surface area contributed by atoms with Crippen molar-refractivity contribution in [3.63, 3.8) is 0 Å². The number of aryl methyl sites for hydroxylation is 1. The van der Waals surface area contributed by atoms with Gasteiger partial charge < -0.3 is 15.2 Å². The maximum absolute atomic E-state index is 12.2. The lowest BCUT2D eigenvalue weighted by Crippen LogP contribution is -2.46. The van der Waals surface area contributed by atoms with Gasteiger partial charge in [0.2, 0.25) is 0 Å². The highest BCUT2D eigenvalue weighted by molar-refractivity contribution is 5.91. The van der Waals surface area contributed by atoms with Crippen LogP contribution in [0.25, 0.3) is 10.9 Å². The van der Waals surface area contributed by atoms with Crippen molar-refractivity contribution in [2.45, 2.75) is 19.4 Å². The van der Waals surface area contributed by atoms with Crippen molar-refractivity contribution in [1.82, 2.24) is 4.57 Å². The molecule has 1 aliphatic rings. The van der Waals surface area contributed by atoms with E-state index in [2.05, 4.69) is 17.9 Å². The Kier molecular flexibility index (Phi) is 3.26. The molecule has 20 heavy (non-hydrogen) atoms. The number of nitrogens with zero attached hydrogens (tertiary/aromatic N) is 2. The van der Waals surface area contributed by atoms with Crippen LogP contribution < -0.4 is 16.2 Å². The minimum Gasteiger partial charge on any atom is -0.370 e. The number of rotatable bonds is 1. The van der Waals surface area contributed by atoms with Crippen LogP contribution in [0.2, 0.25) is 0 Å². The van der Waals surface area contributed by atoms with Crippen LogP contribution in [0, 0.1) is 5.92 Å². The lowest BCUT2D eigenvalue weighted by molar-refractivity contribution is 0.383. The Morgan fingerprint density at radius 3 is 2.80 bits per heavy atom. The van der Waals surface area contributed by atoms with Crippen LogP contribution in [0.1, 0.15) is 13.3 Å². The van der Waals surface area contributed by atoms with Crippen molar-refractivity contribution in [2.24, 2.45) is 18.7 Å². The van der Waals surface area contributed by atoms with Gasteiger partial charge >= 0.3 is 0 Å². The van der Waals surface area contributed by atoms with Crippen LogP contribution in [0.4, 0.5) is 5.69 Å². The summed E-state index contributed by atoms with van der Waals surface area (Å²) in [7, 11) is 1.82. The zero-order valence-corrected chi connectivity index (χ0v) is 12.0. The van der Waals surface area contributed by atoms with Crippen molar-refractivity contribution in [3.8, 4) is 0 Å². The Morgan fingerprint density at radius 2 is 2.05 bits per heavy atom. The van der Waals surface area contributed by atoms with Gasteiger partial charge in [-0.25, -0.2) is 0 Å². The number of aromatic nitrogens is 1. The molecular weight excluding hydrogens is 250 g/mol. The van der Waals surface area contributed by atoms with E-state index in [0.29, 0.717) is 5.92 Å². The number of piperidine rings is 1. The SMILES string of the molecule is CC1CN(c2cc(=O)n(C)c3ccccc23)CCC1N. The molecule has 2 atom stereocenters. The molecule has 0 saturated carbocycles. The van der Waals surface area contributed by atoms with Gasteiger partial charge in [0.25, 0.3) is 5.56 Å². The highest BCUT2D eigenvalue weighted by Crippen LogP contribution is 2.28. The Morgan fingerprint density at radius 1 is 1.30 bits per heavy atom. The zero-order chi connectivity index (χ0) is 14.3. The van der Waals surface area contributed by atoms with E-state index in [-0.39, 0.29) is 11.6 Å². The molecule has 106 valence electrons. The van der Waals surface area contributed by atoms with E-state index in [0.717, 1.165) is 36.1 Å². The van der Waals surface area contributed by atoms with Gasteiger partial charge in [-0.05, 0) is 18.4 Å². The molecule has 4 heteroatoms. The summed E-state index contributed by atoms with van der Waals surface area (Å²) in [4.78, 5) is 14.5.